The van der Waals surface area contributed by atoms with Crippen molar-refractivity contribution in [3.05, 3.63) is 21.9 Å². The zero-order valence-electron chi connectivity index (χ0n) is 11.6. The Morgan fingerprint density at radius 3 is 2.53 bits per heavy atom. The summed E-state index contributed by atoms with van der Waals surface area (Å²) in [5.41, 5.74) is -0.585. The molecule has 0 aliphatic rings. The molecule has 0 aliphatic heterocycles. The minimum absolute atomic E-state index is 0.0625. The second kappa shape index (κ2) is 6.36. The van der Waals surface area contributed by atoms with Crippen molar-refractivity contribution in [2.75, 3.05) is 6.54 Å². The summed E-state index contributed by atoms with van der Waals surface area (Å²) in [5, 5.41) is 22.2. The summed E-state index contributed by atoms with van der Waals surface area (Å²) in [6.07, 6.45) is -2.68. The molecule has 0 aliphatic carbocycles. The minimum atomic E-state index is -1.06. The first kappa shape index (κ1) is 15.9. The molecule has 1 rings (SSSR count). The molecule has 6 heteroatoms. The monoisotopic (exact) mass is 287 g/mol. The fourth-order valence-electron chi connectivity index (χ4n) is 1.42. The van der Waals surface area contributed by atoms with E-state index in [1.807, 2.05) is 13.0 Å². The van der Waals surface area contributed by atoms with Crippen LogP contribution in [0, 0.1) is 6.92 Å². The third kappa shape index (κ3) is 5.59. The van der Waals surface area contributed by atoms with Gasteiger partial charge in [0.15, 0.2) is 0 Å². The first-order valence-corrected chi connectivity index (χ1v) is 6.90. The molecule has 0 radical (unpaired) electrons. The SMILES string of the molecule is Cc1ccc(C(O)C(O)CNC(=O)OC(C)(C)C)s1. The maximum Gasteiger partial charge on any atom is 0.407 e. The molecule has 1 aromatic heterocycles. The molecule has 2 atom stereocenters. The third-order valence-corrected chi connectivity index (χ3v) is 3.34. The van der Waals surface area contributed by atoms with Gasteiger partial charge in [-0.1, -0.05) is 0 Å². The predicted octanol–water partition coefficient (Wildman–Crippen LogP) is 1.98. The van der Waals surface area contributed by atoms with E-state index >= 15 is 0 Å². The number of thiophene rings is 1. The van der Waals surface area contributed by atoms with Crippen LogP contribution in [0.1, 0.15) is 36.6 Å². The van der Waals surface area contributed by atoms with E-state index in [0.717, 1.165) is 4.88 Å². The van der Waals surface area contributed by atoms with Crippen LogP contribution >= 0.6 is 11.3 Å². The molecular formula is C13H21NO4S. The second-order valence-electron chi connectivity index (χ2n) is 5.34. The minimum Gasteiger partial charge on any atom is -0.444 e. The molecule has 0 bridgehead atoms. The second-order valence-corrected chi connectivity index (χ2v) is 6.66. The van der Waals surface area contributed by atoms with Gasteiger partial charge in [0.05, 0.1) is 0 Å². The van der Waals surface area contributed by atoms with Crippen molar-refractivity contribution in [3.8, 4) is 0 Å². The van der Waals surface area contributed by atoms with Crippen molar-refractivity contribution in [2.45, 2.75) is 45.5 Å². The molecule has 0 saturated carbocycles. The maximum atomic E-state index is 11.4. The number of carbonyl (C=O) groups is 1. The van der Waals surface area contributed by atoms with Crippen molar-refractivity contribution < 1.29 is 19.7 Å². The van der Waals surface area contributed by atoms with E-state index in [0.29, 0.717) is 4.88 Å². The highest BCUT2D eigenvalue weighted by Gasteiger charge is 2.22. The fraction of sp³-hybridized carbons (Fsp3) is 0.615. The van der Waals surface area contributed by atoms with Crippen LogP contribution < -0.4 is 5.32 Å². The van der Waals surface area contributed by atoms with Crippen LogP contribution in [0.5, 0.6) is 0 Å². The van der Waals surface area contributed by atoms with E-state index in [9.17, 15) is 15.0 Å². The van der Waals surface area contributed by atoms with Gasteiger partial charge >= 0.3 is 6.09 Å². The Kier molecular flexibility index (Phi) is 5.34. The number of rotatable bonds is 4. The highest BCUT2D eigenvalue weighted by atomic mass is 32.1. The Bertz CT molecular complexity index is 425. The number of hydrogen-bond acceptors (Lipinski definition) is 5. The summed E-state index contributed by atoms with van der Waals surface area (Å²) < 4.78 is 5.04. The van der Waals surface area contributed by atoms with E-state index in [4.69, 9.17) is 4.74 Å². The van der Waals surface area contributed by atoms with Gasteiger partial charge in [-0.15, -0.1) is 11.3 Å². The number of carbonyl (C=O) groups excluding carboxylic acids is 1. The molecule has 1 heterocycles. The van der Waals surface area contributed by atoms with Crippen LogP contribution in [0.2, 0.25) is 0 Å². The molecule has 19 heavy (non-hydrogen) atoms. The van der Waals surface area contributed by atoms with E-state index in [-0.39, 0.29) is 6.54 Å². The molecular weight excluding hydrogens is 266 g/mol. The Hall–Kier alpha value is -1.11. The van der Waals surface area contributed by atoms with Crippen molar-refractivity contribution in [1.29, 1.82) is 0 Å². The van der Waals surface area contributed by atoms with Crippen molar-refractivity contribution in [3.63, 3.8) is 0 Å². The topological polar surface area (TPSA) is 78.8 Å². The van der Waals surface area contributed by atoms with Gasteiger partial charge in [-0.05, 0) is 39.8 Å². The molecule has 0 saturated heterocycles. The molecule has 2 unspecified atom stereocenters. The lowest BCUT2D eigenvalue weighted by atomic mass is 10.1. The Morgan fingerprint density at radius 1 is 1.42 bits per heavy atom. The smallest absolute Gasteiger partial charge is 0.407 e. The number of hydrogen-bond donors (Lipinski definition) is 3. The zero-order valence-corrected chi connectivity index (χ0v) is 12.5. The number of ether oxygens (including phenoxy) is 1. The van der Waals surface area contributed by atoms with Crippen LogP contribution in [0.15, 0.2) is 12.1 Å². The summed E-state index contributed by atoms with van der Waals surface area (Å²) in [5.74, 6) is 0. The van der Waals surface area contributed by atoms with Gasteiger partial charge in [0.1, 0.15) is 17.8 Å². The summed E-state index contributed by atoms with van der Waals surface area (Å²) in [4.78, 5) is 13.1. The average molecular weight is 287 g/mol. The van der Waals surface area contributed by atoms with Crippen molar-refractivity contribution in [2.24, 2.45) is 0 Å². The Balaban J connectivity index is 2.43. The first-order valence-electron chi connectivity index (χ1n) is 6.08. The molecule has 3 N–H and O–H groups in total. The fourth-order valence-corrected chi connectivity index (χ4v) is 2.34. The predicted molar refractivity (Wildman–Crippen MR) is 74.3 cm³/mol. The molecule has 0 aromatic carbocycles. The summed E-state index contributed by atoms with van der Waals surface area (Å²) >= 11 is 1.41. The van der Waals surface area contributed by atoms with E-state index < -0.39 is 23.9 Å². The van der Waals surface area contributed by atoms with Crippen LogP contribution in [-0.4, -0.2) is 34.6 Å². The highest BCUT2D eigenvalue weighted by molar-refractivity contribution is 7.12. The summed E-state index contributed by atoms with van der Waals surface area (Å²) in [7, 11) is 0. The molecule has 1 aromatic rings. The molecule has 0 spiro atoms. The van der Waals surface area contributed by atoms with E-state index in [1.165, 1.54) is 11.3 Å². The van der Waals surface area contributed by atoms with E-state index in [2.05, 4.69) is 5.32 Å². The summed E-state index contributed by atoms with van der Waals surface area (Å²) in [6.45, 7) is 7.13. The number of aryl methyl sites for hydroxylation is 1. The quantitative estimate of drug-likeness (QED) is 0.791. The third-order valence-electron chi connectivity index (χ3n) is 2.27. The highest BCUT2D eigenvalue weighted by Crippen LogP contribution is 2.24. The van der Waals surface area contributed by atoms with Crippen LogP contribution in [-0.2, 0) is 4.74 Å². The normalized spacial score (nSPS) is 14.8. The zero-order chi connectivity index (χ0) is 14.6. The number of nitrogens with one attached hydrogen (secondary N) is 1. The maximum absolute atomic E-state index is 11.4. The molecule has 1 amide bonds. The van der Waals surface area contributed by atoms with Gasteiger partial charge in [-0.25, -0.2) is 4.79 Å². The lowest BCUT2D eigenvalue weighted by Gasteiger charge is -2.21. The largest absolute Gasteiger partial charge is 0.444 e. The number of amides is 1. The lowest BCUT2D eigenvalue weighted by molar-refractivity contribution is 0.0146. The molecule has 0 fully saturated rings. The Morgan fingerprint density at radius 2 is 2.05 bits per heavy atom. The standard InChI is InChI=1S/C13H21NO4S/c1-8-5-6-10(19-8)11(16)9(15)7-14-12(17)18-13(2,3)4/h5-6,9,11,15-16H,7H2,1-4H3,(H,14,17). The Labute approximate surface area is 117 Å². The van der Waals surface area contributed by atoms with Crippen molar-refractivity contribution >= 4 is 17.4 Å². The van der Waals surface area contributed by atoms with Crippen molar-refractivity contribution in [1.82, 2.24) is 5.32 Å². The first-order chi connectivity index (χ1) is 8.69. The van der Waals surface area contributed by atoms with Crippen LogP contribution in [0.3, 0.4) is 0 Å². The van der Waals surface area contributed by atoms with Gasteiger partial charge in [-0.2, -0.15) is 0 Å². The van der Waals surface area contributed by atoms with E-state index in [1.54, 1.807) is 26.8 Å². The van der Waals surface area contributed by atoms with Gasteiger partial charge in [0.25, 0.3) is 0 Å². The summed E-state index contributed by atoms with van der Waals surface area (Å²) in [6, 6.07) is 3.64. The molecule has 108 valence electrons. The van der Waals surface area contributed by atoms with Gasteiger partial charge in [0, 0.05) is 16.3 Å². The average Bonchev–Trinajstić information content (AvgIpc) is 2.69. The van der Waals surface area contributed by atoms with Gasteiger partial charge in [0.2, 0.25) is 0 Å². The number of aliphatic hydroxyl groups excluding tert-OH is 2. The van der Waals surface area contributed by atoms with Crippen LogP contribution in [0.4, 0.5) is 4.79 Å². The molecule has 5 nitrogen and oxygen atoms in total. The van der Waals surface area contributed by atoms with Gasteiger partial charge in [-0.3, -0.25) is 0 Å². The number of alkyl carbamates (subject to hydrolysis) is 1. The van der Waals surface area contributed by atoms with Crippen LogP contribution in [0.25, 0.3) is 0 Å². The lowest BCUT2D eigenvalue weighted by Crippen LogP contribution is -2.38. The number of aliphatic hydroxyl groups is 2. The van der Waals surface area contributed by atoms with Gasteiger partial charge < -0.3 is 20.3 Å².